The summed E-state index contributed by atoms with van der Waals surface area (Å²) < 4.78 is 0. The van der Waals surface area contributed by atoms with Gasteiger partial charge in [0.1, 0.15) is 0 Å². The second kappa shape index (κ2) is 5.79. The molecule has 106 valence electrons. The minimum absolute atomic E-state index is 0.755. The number of nitrogens with zero attached hydrogens (tertiary/aromatic N) is 2. The molecule has 4 heteroatoms. The van der Waals surface area contributed by atoms with Crippen LogP contribution in [0.25, 0.3) is 10.9 Å². The summed E-state index contributed by atoms with van der Waals surface area (Å²) in [6.07, 6.45) is 4.59. The lowest BCUT2D eigenvalue weighted by atomic mass is 10.1. The van der Waals surface area contributed by atoms with Gasteiger partial charge in [-0.2, -0.15) is 0 Å². The average molecular weight is 278 g/mol. The first-order valence-electron chi connectivity index (χ1n) is 7.02. The number of anilines is 2. The van der Waals surface area contributed by atoms with Gasteiger partial charge >= 0.3 is 0 Å². The van der Waals surface area contributed by atoms with E-state index in [1.165, 1.54) is 5.56 Å². The largest absolute Gasteiger partial charge is 0.399 e. The summed E-state index contributed by atoms with van der Waals surface area (Å²) in [5.74, 6) is 0. The summed E-state index contributed by atoms with van der Waals surface area (Å²) in [5.41, 5.74) is 11.0. The first kappa shape index (κ1) is 13.4. The minimum Gasteiger partial charge on any atom is -0.399 e. The molecule has 2 aromatic heterocycles. The standard InChI is InChI=1S/C17H18N4/c1-12-10-17(15-11-14(18)2-3-16(15)21-12)20-9-6-13-4-7-19-8-5-13/h2-5,7-8,10-11H,6,9,18H2,1H3,(H,20,21). The lowest BCUT2D eigenvalue weighted by Gasteiger charge is -2.11. The van der Waals surface area contributed by atoms with E-state index in [2.05, 4.69) is 21.4 Å². The molecule has 1 aromatic carbocycles. The van der Waals surface area contributed by atoms with Crippen LogP contribution in [0.3, 0.4) is 0 Å². The molecule has 0 bridgehead atoms. The molecule has 0 fully saturated rings. The minimum atomic E-state index is 0.755. The number of hydrogen-bond acceptors (Lipinski definition) is 4. The van der Waals surface area contributed by atoms with Gasteiger partial charge in [-0.25, -0.2) is 0 Å². The number of aryl methyl sites for hydroxylation is 1. The molecule has 3 rings (SSSR count). The summed E-state index contributed by atoms with van der Waals surface area (Å²) >= 11 is 0. The Hall–Kier alpha value is -2.62. The van der Waals surface area contributed by atoms with E-state index in [0.717, 1.165) is 40.9 Å². The Bertz CT molecular complexity index is 753. The van der Waals surface area contributed by atoms with Crippen LogP contribution < -0.4 is 11.1 Å². The lowest BCUT2D eigenvalue weighted by Crippen LogP contribution is -2.06. The van der Waals surface area contributed by atoms with Crippen molar-refractivity contribution in [1.29, 1.82) is 0 Å². The second-order valence-corrected chi connectivity index (χ2v) is 5.12. The normalized spacial score (nSPS) is 10.7. The molecule has 0 unspecified atom stereocenters. The number of benzene rings is 1. The first-order chi connectivity index (χ1) is 10.2. The Morgan fingerprint density at radius 1 is 1.10 bits per heavy atom. The van der Waals surface area contributed by atoms with Crippen LogP contribution in [-0.2, 0) is 6.42 Å². The fraction of sp³-hybridized carbons (Fsp3) is 0.176. The van der Waals surface area contributed by atoms with E-state index in [1.54, 1.807) is 0 Å². The zero-order valence-corrected chi connectivity index (χ0v) is 12.0. The van der Waals surface area contributed by atoms with Gasteiger partial charge in [-0.3, -0.25) is 9.97 Å². The van der Waals surface area contributed by atoms with Gasteiger partial charge in [-0.05, 0) is 55.3 Å². The molecule has 21 heavy (non-hydrogen) atoms. The SMILES string of the molecule is Cc1cc(NCCc2ccncc2)c2cc(N)ccc2n1. The smallest absolute Gasteiger partial charge is 0.0727 e. The molecule has 3 aromatic rings. The molecular formula is C17H18N4. The molecule has 0 amide bonds. The molecule has 0 aliphatic carbocycles. The molecule has 0 saturated heterocycles. The number of nitrogen functional groups attached to an aromatic ring is 1. The van der Waals surface area contributed by atoms with E-state index < -0.39 is 0 Å². The van der Waals surface area contributed by atoms with Crippen LogP contribution in [0.2, 0.25) is 0 Å². The van der Waals surface area contributed by atoms with E-state index in [-0.39, 0.29) is 0 Å². The highest BCUT2D eigenvalue weighted by atomic mass is 14.9. The van der Waals surface area contributed by atoms with Gasteiger partial charge in [-0.15, -0.1) is 0 Å². The Balaban J connectivity index is 1.81. The van der Waals surface area contributed by atoms with Gasteiger partial charge in [0, 0.05) is 41.4 Å². The molecule has 2 heterocycles. The number of nitrogens with two attached hydrogens (primary N) is 1. The van der Waals surface area contributed by atoms with Crippen molar-refractivity contribution in [2.24, 2.45) is 0 Å². The molecular weight excluding hydrogens is 260 g/mol. The van der Waals surface area contributed by atoms with E-state index in [9.17, 15) is 0 Å². The summed E-state index contributed by atoms with van der Waals surface area (Å²) in [6.45, 7) is 2.86. The van der Waals surface area contributed by atoms with Crippen LogP contribution in [-0.4, -0.2) is 16.5 Å². The summed E-state index contributed by atoms with van der Waals surface area (Å²) in [5, 5.41) is 4.55. The Morgan fingerprint density at radius 3 is 2.71 bits per heavy atom. The van der Waals surface area contributed by atoms with Crippen molar-refractivity contribution in [2.75, 3.05) is 17.6 Å². The van der Waals surface area contributed by atoms with Crippen molar-refractivity contribution < 1.29 is 0 Å². The van der Waals surface area contributed by atoms with Gasteiger partial charge in [0.2, 0.25) is 0 Å². The number of rotatable bonds is 4. The quantitative estimate of drug-likeness (QED) is 0.719. The fourth-order valence-electron chi connectivity index (χ4n) is 2.41. The maximum Gasteiger partial charge on any atom is 0.0727 e. The van der Waals surface area contributed by atoms with E-state index in [1.807, 2.05) is 49.6 Å². The molecule has 0 spiro atoms. The number of hydrogen-bond donors (Lipinski definition) is 2. The number of aromatic nitrogens is 2. The predicted octanol–water partition coefficient (Wildman–Crippen LogP) is 3.18. The van der Waals surface area contributed by atoms with Gasteiger partial charge in [0.15, 0.2) is 0 Å². The Labute approximate surface area is 124 Å². The first-order valence-corrected chi connectivity index (χ1v) is 7.02. The van der Waals surface area contributed by atoms with Crippen molar-refractivity contribution in [2.45, 2.75) is 13.3 Å². The van der Waals surface area contributed by atoms with E-state index in [4.69, 9.17) is 5.73 Å². The summed E-state index contributed by atoms with van der Waals surface area (Å²) in [6, 6.07) is 12.0. The predicted molar refractivity (Wildman–Crippen MR) is 87.3 cm³/mol. The molecule has 0 atom stereocenters. The van der Waals surface area contributed by atoms with Gasteiger partial charge in [-0.1, -0.05) is 0 Å². The zero-order valence-electron chi connectivity index (χ0n) is 12.0. The zero-order chi connectivity index (χ0) is 14.7. The highest BCUT2D eigenvalue weighted by Crippen LogP contribution is 2.25. The van der Waals surface area contributed by atoms with Crippen LogP contribution in [0, 0.1) is 6.92 Å². The van der Waals surface area contributed by atoms with Crippen molar-refractivity contribution in [3.63, 3.8) is 0 Å². The highest BCUT2D eigenvalue weighted by Gasteiger charge is 2.04. The Kier molecular flexibility index (Phi) is 3.69. The molecule has 3 N–H and O–H groups in total. The third-order valence-corrected chi connectivity index (χ3v) is 3.44. The van der Waals surface area contributed by atoms with E-state index in [0.29, 0.717) is 0 Å². The van der Waals surface area contributed by atoms with Gasteiger partial charge in [0.05, 0.1) is 5.52 Å². The maximum atomic E-state index is 5.89. The van der Waals surface area contributed by atoms with Gasteiger partial charge < -0.3 is 11.1 Å². The number of pyridine rings is 2. The molecule has 0 aliphatic heterocycles. The van der Waals surface area contributed by atoms with Crippen molar-refractivity contribution in [1.82, 2.24) is 9.97 Å². The topological polar surface area (TPSA) is 63.8 Å². The van der Waals surface area contributed by atoms with Crippen LogP contribution in [0.4, 0.5) is 11.4 Å². The second-order valence-electron chi connectivity index (χ2n) is 5.12. The summed E-state index contributed by atoms with van der Waals surface area (Å²) in [4.78, 5) is 8.57. The maximum absolute atomic E-state index is 5.89. The fourth-order valence-corrected chi connectivity index (χ4v) is 2.41. The molecule has 4 nitrogen and oxygen atoms in total. The third-order valence-electron chi connectivity index (χ3n) is 3.44. The number of nitrogens with one attached hydrogen (secondary N) is 1. The molecule has 0 radical (unpaired) electrons. The monoisotopic (exact) mass is 278 g/mol. The van der Waals surface area contributed by atoms with Crippen LogP contribution >= 0.6 is 0 Å². The van der Waals surface area contributed by atoms with Gasteiger partial charge in [0.25, 0.3) is 0 Å². The van der Waals surface area contributed by atoms with Crippen LogP contribution in [0.5, 0.6) is 0 Å². The Morgan fingerprint density at radius 2 is 1.90 bits per heavy atom. The van der Waals surface area contributed by atoms with Crippen LogP contribution in [0.15, 0.2) is 48.8 Å². The highest BCUT2D eigenvalue weighted by molar-refractivity contribution is 5.93. The third kappa shape index (κ3) is 3.11. The van der Waals surface area contributed by atoms with Crippen molar-refractivity contribution in [3.05, 3.63) is 60.0 Å². The lowest BCUT2D eigenvalue weighted by molar-refractivity contribution is 1.01. The number of fused-ring (bicyclic) bond motifs is 1. The van der Waals surface area contributed by atoms with Crippen molar-refractivity contribution >= 4 is 22.3 Å². The summed E-state index contributed by atoms with van der Waals surface area (Å²) in [7, 11) is 0. The molecule has 0 saturated carbocycles. The van der Waals surface area contributed by atoms with Crippen LogP contribution in [0.1, 0.15) is 11.3 Å². The average Bonchev–Trinajstić information content (AvgIpc) is 2.49. The van der Waals surface area contributed by atoms with Crippen molar-refractivity contribution in [3.8, 4) is 0 Å². The molecule has 0 aliphatic rings. The van der Waals surface area contributed by atoms with E-state index >= 15 is 0 Å².